The van der Waals surface area contributed by atoms with Crippen molar-refractivity contribution in [3.63, 3.8) is 0 Å². The Morgan fingerprint density at radius 3 is 2.39 bits per heavy atom. The van der Waals surface area contributed by atoms with Crippen LogP contribution in [0.15, 0.2) is 67.1 Å². The van der Waals surface area contributed by atoms with Gasteiger partial charge in [0, 0.05) is 17.9 Å². The summed E-state index contributed by atoms with van der Waals surface area (Å²) in [5.41, 5.74) is 0.618. The van der Waals surface area contributed by atoms with Crippen molar-refractivity contribution in [3.05, 3.63) is 78.2 Å². The van der Waals surface area contributed by atoms with Gasteiger partial charge < -0.3 is 15.4 Å². The third-order valence-electron chi connectivity index (χ3n) is 5.57. The number of carbonyl (C=O) groups excluding carboxylic acids is 2. The Kier molecular flexibility index (Phi) is 6.05. The summed E-state index contributed by atoms with van der Waals surface area (Å²) in [5, 5.41) is 6.18. The maximum atomic E-state index is 12.7. The Morgan fingerprint density at radius 2 is 1.72 bits per heavy atom. The van der Waals surface area contributed by atoms with Crippen molar-refractivity contribution < 1.29 is 27.5 Å². The van der Waals surface area contributed by atoms with Gasteiger partial charge in [0.2, 0.25) is 11.8 Å². The number of amides is 2. The number of alkyl halides is 3. The van der Waals surface area contributed by atoms with E-state index >= 15 is 0 Å². The number of fused-ring (bicyclic) bond motifs is 1. The maximum Gasteiger partial charge on any atom is 0.416 e. The molecule has 0 unspecified atom stereocenters. The molecule has 4 aromatic rings. The highest BCUT2D eigenvalue weighted by atomic mass is 19.4. The molecule has 0 aliphatic heterocycles. The van der Waals surface area contributed by atoms with Crippen molar-refractivity contribution in [1.82, 2.24) is 19.9 Å². The molecule has 8 nitrogen and oxygen atoms in total. The van der Waals surface area contributed by atoms with Crippen LogP contribution in [0, 0.1) is 0 Å². The second-order valence-electron chi connectivity index (χ2n) is 8.37. The minimum Gasteiger partial charge on any atom is -0.438 e. The highest BCUT2D eigenvalue weighted by Crippen LogP contribution is 2.30. The molecule has 0 spiro atoms. The van der Waals surface area contributed by atoms with E-state index in [0.717, 1.165) is 25.0 Å². The van der Waals surface area contributed by atoms with E-state index in [1.54, 1.807) is 36.5 Å². The van der Waals surface area contributed by atoms with Gasteiger partial charge in [0.05, 0.1) is 17.4 Å². The molecule has 2 heterocycles. The molecular formula is C25H20F3N5O3. The van der Waals surface area contributed by atoms with E-state index in [-0.39, 0.29) is 30.3 Å². The average Bonchev–Trinajstić information content (AvgIpc) is 3.54. The lowest BCUT2D eigenvalue weighted by Crippen LogP contribution is -2.29. The van der Waals surface area contributed by atoms with Crippen LogP contribution in [0.2, 0.25) is 0 Å². The Labute approximate surface area is 203 Å². The van der Waals surface area contributed by atoms with E-state index in [4.69, 9.17) is 4.74 Å². The van der Waals surface area contributed by atoms with Crippen LogP contribution in [0.1, 0.15) is 24.0 Å². The third kappa shape index (κ3) is 5.29. The molecule has 1 aliphatic rings. The molecule has 2 aromatic heterocycles. The van der Waals surface area contributed by atoms with Gasteiger partial charge in [-0.15, -0.1) is 0 Å². The van der Waals surface area contributed by atoms with Gasteiger partial charge in [-0.2, -0.15) is 13.2 Å². The van der Waals surface area contributed by atoms with Gasteiger partial charge in [-0.05, 0) is 60.9 Å². The summed E-state index contributed by atoms with van der Waals surface area (Å²) >= 11 is 0. The Balaban J connectivity index is 1.22. The fourth-order valence-corrected chi connectivity index (χ4v) is 3.57. The molecule has 184 valence electrons. The number of nitrogens with zero attached hydrogens (tertiary/aromatic N) is 3. The highest BCUT2D eigenvalue weighted by molar-refractivity contribution is 5.93. The van der Waals surface area contributed by atoms with Crippen LogP contribution in [-0.4, -0.2) is 32.5 Å². The first-order chi connectivity index (χ1) is 17.3. The van der Waals surface area contributed by atoms with Crippen molar-refractivity contribution in [2.45, 2.75) is 31.5 Å². The fraction of sp³-hybridized carbons (Fsp3) is 0.200. The molecule has 2 N–H and O–H groups in total. The molecule has 0 bridgehead atoms. The monoisotopic (exact) mass is 495 g/mol. The van der Waals surface area contributed by atoms with Crippen molar-refractivity contribution in [2.24, 2.45) is 0 Å². The number of benzene rings is 2. The number of ether oxygens (including phenoxy) is 1. The number of nitrogens with one attached hydrogen (secondary N) is 2. The van der Waals surface area contributed by atoms with Crippen LogP contribution in [0.5, 0.6) is 11.6 Å². The second-order valence-corrected chi connectivity index (χ2v) is 8.37. The molecule has 36 heavy (non-hydrogen) atoms. The number of rotatable bonds is 6. The minimum absolute atomic E-state index is 0.0688. The van der Waals surface area contributed by atoms with Crippen LogP contribution in [0.25, 0.3) is 11.0 Å². The van der Waals surface area contributed by atoms with Crippen LogP contribution in [-0.2, 0) is 17.4 Å². The van der Waals surface area contributed by atoms with E-state index in [2.05, 4.69) is 20.6 Å². The fourth-order valence-electron chi connectivity index (χ4n) is 3.57. The Morgan fingerprint density at radius 1 is 1.00 bits per heavy atom. The van der Waals surface area contributed by atoms with Crippen molar-refractivity contribution >= 4 is 28.7 Å². The molecule has 0 atom stereocenters. The summed E-state index contributed by atoms with van der Waals surface area (Å²) < 4.78 is 45.3. The van der Waals surface area contributed by atoms with Gasteiger partial charge in [0.15, 0.2) is 5.65 Å². The maximum absolute atomic E-state index is 12.7. The SMILES string of the molecule is O=C(Cc1ccc(C(F)(F)F)cc1)Nc1ccc(Oc2ncnc3c2ccn3C(=O)NC2CC2)cc1. The van der Waals surface area contributed by atoms with Gasteiger partial charge in [0.1, 0.15) is 12.1 Å². The Bertz CT molecular complexity index is 1410. The second kappa shape index (κ2) is 9.33. The Hall–Kier alpha value is -4.41. The summed E-state index contributed by atoms with van der Waals surface area (Å²) in [4.78, 5) is 33.1. The van der Waals surface area contributed by atoms with Crippen molar-refractivity contribution in [1.29, 1.82) is 0 Å². The normalized spacial score (nSPS) is 13.4. The summed E-state index contributed by atoms with van der Waals surface area (Å²) in [6.45, 7) is 0. The molecule has 2 amide bonds. The van der Waals surface area contributed by atoms with Gasteiger partial charge in [-0.1, -0.05) is 12.1 Å². The first-order valence-corrected chi connectivity index (χ1v) is 11.1. The van der Waals surface area contributed by atoms with Gasteiger partial charge in [-0.3, -0.25) is 9.36 Å². The number of aromatic nitrogens is 3. The van der Waals surface area contributed by atoms with E-state index in [0.29, 0.717) is 28.0 Å². The molecule has 1 saturated carbocycles. The van der Waals surface area contributed by atoms with Gasteiger partial charge >= 0.3 is 12.2 Å². The van der Waals surface area contributed by atoms with Crippen LogP contribution < -0.4 is 15.4 Å². The molecule has 0 radical (unpaired) electrons. The van der Waals surface area contributed by atoms with Crippen LogP contribution in [0.4, 0.5) is 23.7 Å². The lowest BCUT2D eigenvalue weighted by atomic mass is 10.1. The predicted octanol–water partition coefficient (Wildman–Crippen LogP) is 5.14. The topological polar surface area (TPSA) is 98.1 Å². The van der Waals surface area contributed by atoms with E-state index in [9.17, 15) is 22.8 Å². The first-order valence-electron chi connectivity index (χ1n) is 11.1. The zero-order valence-electron chi connectivity index (χ0n) is 18.7. The standard InChI is InChI=1S/C25H20F3N5O3/c26-25(27,28)16-3-1-15(2-4-16)13-21(34)31-17-7-9-19(10-8-17)36-23-20-11-12-33(22(20)29-14-30-23)24(35)32-18-5-6-18/h1-4,7-12,14,18H,5-6,13H2,(H,31,34)(H,32,35). The van der Waals surface area contributed by atoms with Gasteiger partial charge in [0.25, 0.3) is 0 Å². The summed E-state index contributed by atoms with van der Waals surface area (Å²) in [6, 6.07) is 12.7. The van der Waals surface area contributed by atoms with Gasteiger partial charge in [-0.25, -0.2) is 14.8 Å². The highest BCUT2D eigenvalue weighted by Gasteiger charge is 2.30. The molecule has 2 aromatic carbocycles. The summed E-state index contributed by atoms with van der Waals surface area (Å²) in [7, 11) is 0. The summed E-state index contributed by atoms with van der Waals surface area (Å²) in [5.74, 6) is 0.356. The largest absolute Gasteiger partial charge is 0.438 e. The molecule has 11 heteroatoms. The molecule has 1 fully saturated rings. The lowest BCUT2D eigenvalue weighted by molar-refractivity contribution is -0.137. The molecule has 0 saturated heterocycles. The smallest absolute Gasteiger partial charge is 0.416 e. The predicted molar refractivity (Wildman–Crippen MR) is 125 cm³/mol. The average molecular weight is 495 g/mol. The number of halogens is 3. The van der Waals surface area contributed by atoms with Crippen molar-refractivity contribution in [2.75, 3.05) is 5.32 Å². The lowest BCUT2D eigenvalue weighted by Gasteiger charge is -2.10. The third-order valence-corrected chi connectivity index (χ3v) is 5.57. The van der Waals surface area contributed by atoms with Crippen LogP contribution in [0.3, 0.4) is 0 Å². The number of hydrogen-bond donors (Lipinski definition) is 2. The van der Waals surface area contributed by atoms with E-state index < -0.39 is 11.7 Å². The van der Waals surface area contributed by atoms with Crippen molar-refractivity contribution in [3.8, 4) is 11.6 Å². The van der Waals surface area contributed by atoms with E-state index in [1.807, 2.05) is 0 Å². The molecule has 1 aliphatic carbocycles. The zero-order chi connectivity index (χ0) is 25.3. The summed E-state index contributed by atoms with van der Waals surface area (Å²) in [6.07, 6.45) is 0.380. The molecular weight excluding hydrogens is 475 g/mol. The number of carbonyl (C=O) groups is 2. The zero-order valence-corrected chi connectivity index (χ0v) is 18.7. The quantitative estimate of drug-likeness (QED) is 0.386. The number of hydrogen-bond acceptors (Lipinski definition) is 5. The minimum atomic E-state index is -4.42. The first kappa shape index (κ1) is 23.3. The van der Waals surface area contributed by atoms with Crippen LogP contribution >= 0.6 is 0 Å². The number of anilines is 1. The molecule has 5 rings (SSSR count). The van der Waals surface area contributed by atoms with E-state index in [1.165, 1.54) is 23.0 Å².